The minimum atomic E-state index is -0.442. The van der Waals surface area contributed by atoms with Crippen LogP contribution in [-0.4, -0.2) is 0 Å². The predicted molar refractivity (Wildman–Crippen MR) is 252 cm³/mol. The third kappa shape index (κ3) is 5.86. The molecule has 1 heteroatoms. The van der Waals surface area contributed by atoms with Gasteiger partial charge in [0.25, 0.3) is 0 Å². The average Bonchev–Trinajstić information content (AvgIpc) is 3.64. The Labute approximate surface area is 352 Å². The summed E-state index contributed by atoms with van der Waals surface area (Å²) in [6.45, 7) is 0. The van der Waals surface area contributed by atoms with Crippen LogP contribution in [0.15, 0.2) is 249 Å². The summed E-state index contributed by atoms with van der Waals surface area (Å²) in [6, 6.07) is 90.9. The topological polar surface area (TPSA) is 3.24 Å². The van der Waals surface area contributed by atoms with E-state index >= 15 is 0 Å². The summed E-state index contributed by atoms with van der Waals surface area (Å²) in [5.74, 6) is 0. The number of hydrogen-bond donors (Lipinski definition) is 0. The molecule has 0 saturated heterocycles. The molecular weight excluding hydrogens is 723 g/mol. The van der Waals surface area contributed by atoms with E-state index in [0.29, 0.717) is 0 Å². The number of hydrogen-bond acceptors (Lipinski definition) is 1. The third-order valence-corrected chi connectivity index (χ3v) is 12.4. The van der Waals surface area contributed by atoms with E-state index in [0.717, 1.165) is 17.1 Å². The van der Waals surface area contributed by atoms with E-state index in [-0.39, 0.29) is 0 Å². The molecule has 0 fully saturated rings. The van der Waals surface area contributed by atoms with Crippen molar-refractivity contribution >= 4 is 27.8 Å². The second-order valence-electron chi connectivity index (χ2n) is 15.6. The molecule has 10 aromatic carbocycles. The number of fused-ring (bicyclic) bond motifs is 4. The first-order chi connectivity index (χ1) is 29.8. The van der Waals surface area contributed by atoms with Gasteiger partial charge in [-0.2, -0.15) is 0 Å². The van der Waals surface area contributed by atoms with Crippen LogP contribution >= 0.6 is 0 Å². The molecule has 0 saturated carbocycles. The number of benzene rings is 10. The Kier molecular flexibility index (Phi) is 8.79. The Morgan fingerprint density at radius 1 is 0.300 bits per heavy atom. The van der Waals surface area contributed by atoms with Gasteiger partial charge in [-0.25, -0.2) is 0 Å². The van der Waals surface area contributed by atoms with Crippen LogP contribution in [0.4, 0.5) is 17.1 Å². The smallest absolute Gasteiger partial charge is 0.0713 e. The van der Waals surface area contributed by atoms with Crippen molar-refractivity contribution in [2.45, 2.75) is 5.41 Å². The van der Waals surface area contributed by atoms with Crippen LogP contribution < -0.4 is 4.90 Å². The Morgan fingerprint density at radius 2 is 0.800 bits per heavy atom. The molecule has 1 aliphatic rings. The monoisotopic (exact) mass is 763 g/mol. The first-order valence-electron chi connectivity index (χ1n) is 20.8. The minimum Gasteiger partial charge on any atom is -0.310 e. The number of anilines is 3. The van der Waals surface area contributed by atoms with Crippen molar-refractivity contribution < 1.29 is 0 Å². The van der Waals surface area contributed by atoms with Gasteiger partial charge in [0.2, 0.25) is 0 Å². The summed E-state index contributed by atoms with van der Waals surface area (Å²) in [7, 11) is 0. The van der Waals surface area contributed by atoms with Crippen molar-refractivity contribution in [3.05, 3.63) is 271 Å². The molecule has 0 atom stereocenters. The van der Waals surface area contributed by atoms with Crippen molar-refractivity contribution in [2.24, 2.45) is 0 Å². The van der Waals surface area contributed by atoms with Gasteiger partial charge in [-0.1, -0.05) is 218 Å². The van der Waals surface area contributed by atoms with Crippen LogP contribution in [0.3, 0.4) is 0 Å². The lowest BCUT2D eigenvalue weighted by molar-refractivity contribution is 0.768. The average molecular weight is 764 g/mol. The molecule has 0 spiro atoms. The van der Waals surface area contributed by atoms with Crippen molar-refractivity contribution in [1.29, 1.82) is 0 Å². The second-order valence-corrected chi connectivity index (χ2v) is 15.6. The van der Waals surface area contributed by atoms with Crippen LogP contribution in [0.25, 0.3) is 55.3 Å². The molecule has 0 N–H and O–H groups in total. The van der Waals surface area contributed by atoms with Gasteiger partial charge < -0.3 is 4.90 Å². The molecule has 11 rings (SSSR count). The molecule has 0 bridgehead atoms. The van der Waals surface area contributed by atoms with Gasteiger partial charge in [0, 0.05) is 16.8 Å². The van der Waals surface area contributed by atoms with Crippen molar-refractivity contribution in [3.63, 3.8) is 0 Å². The minimum absolute atomic E-state index is 0.442. The summed E-state index contributed by atoms with van der Waals surface area (Å²) in [6.07, 6.45) is 0. The van der Waals surface area contributed by atoms with E-state index in [2.05, 4.69) is 254 Å². The first kappa shape index (κ1) is 35.4. The fraction of sp³-hybridized carbons (Fsp3) is 0.0169. The van der Waals surface area contributed by atoms with Gasteiger partial charge in [0.1, 0.15) is 0 Å². The predicted octanol–water partition coefficient (Wildman–Crippen LogP) is 15.7. The summed E-state index contributed by atoms with van der Waals surface area (Å²) >= 11 is 0. The molecule has 0 aliphatic heterocycles. The van der Waals surface area contributed by atoms with E-state index < -0.39 is 5.41 Å². The fourth-order valence-electron chi connectivity index (χ4n) is 9.66. The van der Waals surface area contributed by atoms with Crippen molar-refractivity contribution in [2.75, 3.05) is 4.90 Å². The van der Waals surface area contributed by atoms with Gasteiger partial charge >= 0.3 is 0 Å². The maximum absolute atomic E-state index is 2.41. The highest BCUT2D eigenvalue weighted by Crippen LogP contribution is 2.58. The summed E-state index contributed by atoms with van der Waals surface area (Å²) < 4.78 is 0. The number of rotatable bonds is 8. The standard InChI is InChI=1S/C59H41N/c1-4-17-42(18-5-1)43-33-35-44(36-34-43)47-21-14-26-51(41-47)60(57-32-15-20-45-19-10-11-27-52(45)57)50-39-37-46(38-40-50)53-29-16-31-56-58(53)54-28-12-13-30-55(54)59(56,48-22-6-2-7-23-48)49-24-8-3-9-25-49/h1-41H. The quantitative estimate of drug-likeness (QED) is 0.149. The molecule has 0 heterocycles. The molecule has 0 unspecified atom stereocenters. The maximum Gasteiger partial charge on any atom is 0.0713 e. The Hall–Kier alpha value is -7.74. The van der Waals surface area contributed by atoms with Crippen LogP contribution in [-0.2, 0) is 5.41 Å². The SMILES string of the molecule is c1ccc(-c2ccc(-c3cccc(N(c4ccc(-c5cccc6c5-c5ccccc5C6(c5ccccc5)c5ccccc5)cc4)c4cccc5ccccc45)c3)cc2)cc1. The van der Waals surface area contributed by atoms with Gasteiger partial charge in [-0.05, 0) is 102 Å². The highest BCUT2D eigenvalue weighted by Gasteiger charge is 2.46. The normalized spacial score (nSPS) is 12.5. The van der Waals surface area contributed by atoms with Crippen LogP contribution in [0, 0.1) is 0 Å². The molecule has 10 aromatic rings. The Morgan fingerprint density at radius 3 is 1.53 bits per heavy atom. The fourth-order valence-corrected chi connectivity index (χ4v) is 9.66. The van der Waals surface area contributed by atoms with E-state index in [9.17, 15) is 0 Å². The molecule has 0 aromatic heterocycles. The molecule has 0 amide bonds. The van der Waals surface area contributed by atoms with Gasteiger partial charge in [0.05, 0.1) is 11.1 Å². The van der Waals surface area contributed by atoms with Crippen LogP contribution in [0.2, 0.25) is 0 Å². The lowest BCUT2D eigenvalue weighted by atomic mass is 9.67. The first-order valence-corrected chi connectivity index (χ1v) is 20.8. The number of nitrogens with zero attached hydrogens (tertiary/aromatic N) is 1. The Bertz CT molecular complexity index is 3070. The highest BCUT2D eigenvalue weighted by molar-refractivity contribution is 6.00. The van der Waals surface area contributed by atoms with Crippen molar-refractivity contribution in [1.82, 2.24) is 0 Å². The molecule has 282 valence electrons. The molecule has 1 nitrogen and oxygen atoms in total. The zero-order valence-electron chi connectivity index (χ0n) is 33.1. The van der Waals surface area contributed by atoms with Crippen molar-refractivity contribution in [3.8, 4) is 44.5 Å². The summed E-state index contributed by atoms with van der Waals surface area (Å²) in [5.41, 5.74) is 17.9. The van der Waals surface area contributed by atoms with E-state index in [1.807, 2.05) is 0 Å². The molecule has 1 aliphatic carbocycles. The summed E-state index contributed by atoms with van der Waals surface area (Å²) in [5, 5.41) is 2.42. The highest BCUT2D eigenvalue weighted by atomic mass is 15.1. The van der Waals surface area contributed by atoms with Gasteiger partial charge in [-0.15, -0.1) is 0 Å². The Balaban J connectivity index is 1.04. The maximum atomic E-state index is 2.41. The van der Waals surface area contributed by atoms with E-state index in [4.69, 9.17) is 0 Å². The van der Waals surface area contributed by atoms with Crippen LogP contribution in [0.5, 0.6) is 0 Å². The molecule has 0 radical (unpaired) electrons. The van der Waals surface area contributed by atoms with Gasteiger partial charge in [0.15, 0.2) is 0 Å². The van der Waals surface area contributed by atoms with Gasteiger partial charge in [-0.3, -0.25) is 0 Å². The van der Waals surface area contributed by atoms with Crippen LogP contribution in [0.1, 0.15) is 22.3 Å². The molecule has 60 heavy (non-hydrogen) atoms. The van der Waals surface area contributed by atoms with E-state index in [1.165, 1.54) is 77.5 Å². The lowest BCUT2D eigenvalue weighted by Crippen LogP contribution is -2.28. The summed E-state index contributed by atoms with van der Waals surface area (Å²) in [4.78, 5) is 2.41. The zero-order chi connectivity index (χ0) is 39.9. The lowest BCUT2D eigenvalue weighted by Gasteiger charge is -2.34. The zero-order valence-corrected chi connectivity index (χ0v) is 33.1. The largest absolute Gasteiger partial charge is 0.310 e. The van der Waals surface area contributed by atoms with E-state index in [1.54, 1.807) is 0 Å². The second kappa shape index (κ2) is 14.9. The third-order valence-electron chi connectivity index (χ3n) is 12.4. The molecular formula is C59H41N.